The molecule has 22 heavy (non-hydrogen) atoms. The maximum Gasteiger partial charge on any atom is 0.225 e. The standard InChI is InChI=1S/C18H32N2O2/c1-13(2)11-20(12-14(3)4)18(22)16-7-9-19(10-8-16)17(21)15-5-6-15/h13-16H,5-12H2,1-4H3. The highest BCUT2D eigenvalue weighted by molar-refractivity contribution is 5.82. The molecular formula is C18H32N2O2. The topological polar surface area (TPSA) is 40.6 Å². The zero-order chi connectivity index (χ0) is 16.3. The quantitative estimate of drug-likeness (QED) is 0.757. The Morgan fingerprint density at radius 2 is 1.41 bits per heavy atom. The van der Waals surface area contributed by atoms with E-state index < -0.39 is 0 Å². The summed E-state index contributed by atoms with van der Waals surface area (Å²) in [5, 5.41) is 0. The van der Waals surface area contributed by atoms with Crippen molar-refractivity contribution in [2.75, 3.05) is 26.2 Å². The molecule has 2 rings (SSSR count). The molecule has 2 fully saturated rings. The van der Waals surface area contributed by atoms with Crippen molar-refractivity contribution in [1.29, 1.82) is 0 Å². The van der Waals surface area contributed by atoms with Crippen LogP contribution in [0.3, 0.4) is 0 Å². The van der Waals surface area contributed by atoms with Gasteiger partial charge in [0.15, 0.2) is 0 Å². The molecule has 4 nitrogen and oxygen atoms in total. The van der Waals surface area contributed by atoms with Crippen LogP contribution in [0.25, 0.3) is 0 Å². The van der Waals surface area contributed by atoms with Crippen LogP contribution < -0.4 is 0 Å². The second kappa shape index (κ2) is 7.47. The Morgan fingerprint density at radius 3 is 1.82 bits per heavy atom. The smallest absolute Gasteiger partial charge is 0.225 e. The van der Waals surface area contributed by atoms with E-state index in [0.717, 1.165) is 51.9 Å². The molecule has 126 valence electrons. The zero-order valence-corrected chi connectivity index (χ0v) is 14.7. The van der Waals surface area contributed by atoms with Crippen molar-refractivity contribution in [2.45, 2.75) is 53.4 Å². The van der Waals surface area contributed by atoms with Gasteiger partial charge in [0.2, 0.25) is 11.8 Å². The van der Waals surface area contributed by atoms with Gasteiger partial charge in [0.1, 0.15) is 0 Å². The van der Waals surface area contributed by atoms with E-state index in [9.17, 15) is 9.59 Å². The number of likely N-dealkylation sites (tertiary alicyclic amines) is 1. The lowest BCUT2D eigenvalue weighted by Gasteiger charge is -2.35. The van der Waals surface area contributed by atoms with Crippen molar-refractivity contribution in [3.8, 4) is 0 Å². The van der Waals surface area contributed by atoms with Gasteiger partial charge in [0.25, 0.3) is 0 Å². The van der Waals surface area contributed by atoms with Gasteiger partial charge in [-0.15, -0.1) is 0 Å². The number of rotatable bonds is 6. The molecular weight excluding hydrogens is 276 g/mol. The van der Waals surface area contributed by atoms with E-state index in [1.807, 2.05) is 4.90 Å². The van der Waals surface area contributed by atoms with E-state index in [-0.39, 0.29) is 5.92 Å². The Labute approximate surface area is 135 Å². The number of piperidine rings is 1. The van der Waals surface area contributed by atoms with Crippen LogP contribution in [-0.2, 0) is 9.59 Å². The third kappa shape index (κ3) is 4.72. The van der Waals surface area contributed by atoms with E-state index >= 15 is 0 Å². The summed E-state index contributed by atoms with van der Waals surface area (Å²) in [4.78, 5) is 28.9. The van der Waals surface area contributed by atoms with Gasteiger partial charge in [-0.2, -0.15) is 0 Å². The number of amides is 2. The molecule has 0 aromatic carbocycles. The highest BCUT2D eigenvalue weighted by atomic mass is 16.2. The second-order valence-corrected chi connectivity index (χ2v) is 7.90. The largest absolute Gasteiger partial charge is 0.342 e. The first-order valence-electron chi connectivity index (χ1n) is 8.96. The summed E-state index contributed by atoms with van der Waals surface area (Å²) in [5.74, 6) is 2.04. The van der Waals surface area contributed by atoms with Gasteiger partial charge < -0.3 is 9.80 Å². The van der Waals surface area contributed by atoms with Crippen molar-refractivity contribution in [1.82, 2.24) is 9.80 Å². The average Bonchev–Trinajstić information content (AvgIpc) is 3.29. The molecule has 4 heteroatoms. The van der Waals surface area contributed by atoms with Gasteiger partial charge in [-0.1, -0.05) is 27.7 Å². The van der Waals surface area contributed by atoms with Crippen molar-refractivity contribution >= 4 is 11.8 Å². The first-order chi connectivity index (χ1) is 10.4. The van der Waals surface area contributed by atoms with Gasteiger partial charge >= 0.3 is 0 Å². The van der Waals surface area contributed by atoms with Crippen molar-refractivity contribution in [2.24, 2.45) is 23.7 Å². The van der Waals surface area contributed by atoms with Crippen LogP contribution in [0.5, 0.6) is 0 Å². The number of carbonyl (C=O) groups excluding carboxylic acids is 2. The monoisotopic (exact) mass is 308 g/mol. The maximum atomic E-state index is 12.8. The summed E-state index contributed by atoms with van der Waals surface area (Å²) in [6.45, 7) is 11.9. The Bertz CT molecular complexity index is 384. The van der Waals surface area contributed by atoms with Crippen LogP contribution >= 0.6 is 0 Å². The molecule has 2 amide bonds. The van der Waals surface area contributed by atoms with E-state index in [1.165, 1.54) is 0 Å². The molecule has 1 heterocycles. The van der Waals surface area contributed by atoms with E-state index in [0.29, 0.717) is 29.6 Å². The lowest BCUT2D eigenvalue weighted by atomic mass is 9.94. The molecule has 2 aliphatic rings. The lowest BCUT2D eigenvalue weighted by molar-refractivity contribution is -0.142. The predicted molar refractivity (Wildman–Crippen MR) is 88.3 cm³/mol. The fraction of sp³-hybridized carbons (Fsp3) is 0.889. The zero-order valence-electron chi connectivity index (χ0n) is 14.7. The molecule has 0 atom stereocenters. The first-order valence-corrected chi connectivity index (χ1v) is 8.96. The Balaban J connectivity index is 1.87. The fourth-order valence-corrected chi connectivity index (χ4v) is 3.33. The summed E-state index contributed by atoms with van der Waals surface area (Å²) in [7, 11) is 0. The minimum absolute atomic E-state index is 0.112. The molecule has 0 radical (unpaired) electrons. The molecule has 0 aromatic rings. The number of hydrogen-bond donors (Lipinski definition) is 0. The van der Waals surface area contributed by atoms with Gasteiger partial charge in [-0.05, 0) is 37.5 Å². The van der Waals surface area contributed by atoms with Crippen LogP contribution in [0.2, 0.25) is 0 Å². The Hall–Kier alpha value is -1.06. The van der Waals surface area contributed by atoms with Crippen molar-refractivity contribution in [3.05, 3.63) is 0 Å². The van der Waals surface area contributed by atoms with Crippen LogP contribution in [0.15, 0.2) is 0 Å². The normalized spacial score (nSPS) is 19.8. The average molecular weight is 308 g/mol. The molecule has 0 N–H and O–H groups in total. The molecule has 1 saturated heterocycles. The summed E-state index contributed by atoms with van der Waals surface area (Å²) in [6, 6.07) is 0. The lowest BCUT2D eigenvalue weighted by Crippen LogP contribution is -2.46. The molecule has 0 aromatic heterocycles. The van der Waals surface area contributed by atoms with Crippen molar-refractivity contribution < 1.29 is 9.59 Å². The van der Waals surface area contributed by atoms with E-state index in [1.54, 1.807) is 0 Å². The summed E-state index contributed by atoms with van der Waals surface area (Å²) < 4.78 is 0. The van der Waals surface area contributed by atoms with Crippen LogP contribution in [0, 0.1) is 23.7 Å². The molecule has 0 unspecified atom stereocenters. The molecule has 0 spiro atoms. The third-order valence-corrected chi connectivity index (χ3v) is 4.57. The minimum Gasteiger partial charge on any atom is -0.342 e. The minimum atomic E-state index is 0.112. The third-order valence-electron chi connectivity index (χ3n) is 4.57. The number of hydrogen-bond acceptors (Lipinski definition) is 2. The van der Waals surface area contributed by atoms with Crippen LogP contribution in [-0.4, -0.2) is 47.8 Å². The number of carbonyl (C=O) groups is 2. The van der Waals surface area contributed by atoms with E-state index in [2.05, 4.69) is 32.6 Å². The molecule has 1 aliphatic heterocycles. The molecule has 1 aliphatic carbocycles. The van der Waals surface area contributed by atoms with Gasteiger partial charge in [0.05, 0.1) is 0 Å². The highest BCUT2D eigenvalue weighted by Crippen LogP contribution is 2.32. The summed E-state index contributed by atoms with van der Waals surface area (Å²) in [5.41, 5.74) is 0. The van der Waals surface area contributed by atoms with Crippen LogP contribution in [0.1, 0.15) is 53.4 Å². The first kappa shape index (κ1) is 17.3. The second-order valence-electron chi connectivity index (χ2n) is 7.90. The fourth-order valence-electron chi connectivity index (χ4n) is 3.33. The van der Waals surface area contributed by atoms with Gasteiger partial charge in [-0.3, -0.25) is 9.59 Å². The highest BCUT2D eigenvalue weighted by Gasteiger charge is 2.36. The predicted octanol–water partition coefficient (Wildman–Crippen LogP) is 2.78. The Kier molecular flexibility index (Phi) is 5.87. The summed E-state index contributed by atoms with van der Waals surface area (Å²) in [6.07, 6.45) is 3.80. The maximum absolute atomic E-state index is 12.8. The van der Waals surface area contributed by atoms with Gasteiger partial charge in [-0.25, -0.2) is 0 Å². The molecule has 0 bridgehead atoms. The van der Waals surface area contributed by atoms with Crippen molar-refractivity contribution in [3.63, 3.8) is 0 Å². The Morgan fingerprint density at radius 1 is 0.909 bits per heavy atom. The van der Waals surface area contributed by atoms with Gasteiger partial charge in [0, 0.05) is 38.0 Å². The SMILES string of the molecule is CC(C)CN(CC(C)C)C(=O)C1CCN(C(=O)C2CC2)CC1. The number of nitrogens with zero attached hydrogens (tertiary/aromatic N) is 2. The van der Waals surface area contributed by atoms with Crippen LogP contribution in [0.4, 0.5) is 0 Å². The summed E-state index contributed by atoms with van der Waals surface area (Å²) >= 11 is 0. The molecule has 1 saturated carbocycles. The van der Waals surface area contributed by atoms with E-state index in [4.69, 9.17) is 0 Å².